The third kappa shape index (κ3) is 3.55. The fourth-order valence-electron chi connectivity index (χ4n) is 3.78. The smallest absolute Gasteiger partial charge is 0.272 e. The molecule has 3 heterocycles. The molecule has 0 radical (unpaired) electrons. The minimum Gasteiger partial charge on any atom is -0.420 e. The summed E-state index contributed by atoms with van der Waals surface area (Å²) in [7, 11) is 5.90. The monoisotopic (exact) mass is 380 g/mol. The van der Waals surface area contributed by atoms with Crippen LogP contribution in [0, 0.1) is 5.92 Å². The van der Waals surface area contributed by atoms with E-state index in [0.717, 1.165) is 12.1 Å². The number of aromatic nitrogens is 4. The van der Waals surface area contributed by atoms with E-state index in [2.05, 4.69) is 20.1 Å². The highest BCUT2D eigenvalue weighted by molar-refractivity contribution is 5.92. The largest absolute Gasteiger partial charge is 0.420 e. The highest BCUT2D eigenvalue weighted by Gasteiger charge is 2.40. The minimum absolute atomic E-state index is 0.00420. The molecule has 8 nitrogen and oxygen atoms in total. The second-order valence-corrected chi connectivity index (χ2v) is 7.54. The van der Waals surface area contributed by atoms with E-state index in [9.17, 15) is 4.79 Å². The molecule has 1 fully saturated rings. The van der Waals surface area contributed by atoms with Crippen molar-refractivity contribution in [3.05, 3.63) is 54.4 Å². The molecule has 28 heavy (non-hydrogen) atoms. The molecular formula is C20H24N6O2. The lowest BCUT2D eigenvalue weighted by Crippen LogP contribution is -2.31. The van der Waals surface area contributed by atoms with E-state index in [4.69, 9.17) is 4.42 Å². The second-order valence-electron chi connectivity index (χ2n) is 7.54. The molecule has 0 bridgehead atoms. The Kier molecular flexibility index (Phi) is 4.95. The van der Waals surface area contributed by atoms with Gasteiger partial charge in [-0.25, -0.2) is 4.98 Å². The lowest BCUT2D eigenvalue weighted by atomic mass is 9.95. The van der Waals surface area contributed by atoms with E-state index in [1.807, 2.05) is 56.4 Å². The van der Waals surface area contributed by atoms with E-state index in [-0.39, 0.29) is 17.7 Å². The number of aryl methyl sites for hydroxylation is 1. The van der Waals surface area contributed by atoms with Crippen LogP contribution in [0.25, 0.3) is 11.5 Å². The molecular weight excluding hydrogens is 356 g/mol. The van der Waals surface area contributed by atoms with Gasteiger partial charge < -0.3 is 18.8 Å². The van der Waals surface area contributed by atoms with Crippen molar-refractivity contribution < 1.29 is 9.21 Å². The van der Waals surface area contributed by atoms with Crippen molar-refractivity contribution in [1.29, 1.82) is 0 Å². The van der Waals surface area contributed by atoms with E-state index >= 15 is 0 Å². The van der Waals surface area contributed by atoms with Crippen molar-refractivity contribution in [2.45, 2.75) is 5.92 Å². The first-order valence-electron chi connectivity index (χ1n) is 9.32. The van der Waals surface area contributed by atoms with Crippen LogP contribution in [0.3, 0.4) is 0 Å². The zero-order chi connectivity index (χ0) is 19.7. The quantitative estimate of drug-likeness (QED) is 0.672. The first-order valence-corrected chi connectivity index (χ1v) is 9.32. The fraction of sp³-hybridized carbons (Fsp3) is 0.400. The van der Waals surface area contributed by atoms with Crippen molar-refractivity contribution >= 4 is 5.91 Å². The summed E-state index contributed by atoms with van der Waals surface area (Å²) in [4.78, 5) is 21.0. The molecule has 1 aromatic carbocycles. The SMILES string of the molecule is CN(C)C[C@H]1CN(C(=O)c2cncn2C)C[C@@H]1c1nnc(-c2ccccc2)o1. The maximum Gasteiger partial charge on any atom is 0.272 e. The highest BCUT2D eigenvalue weighted by atomic mass is 16.4. The molecule has 8 heteroatoms. The average molecular weight is 380 g/mol. The third-order valence-corrected chi connectivity index (χ3v) is 5.14. The van der Waals surface area contributed by atoms with E-state index < -0.39 is 0 Å². The lowest BCUT2D eigenvalue weighted by Gasteiger charge is -2.19. The molecule has 146 valence electrons. The second kappa shape index (κ2) is 7.55. The van der Waals surface area contributed by atoms with Crippen LogP contribution in [0.1, 0.15) is 22.3 Å². The summed E-state index contributed by atoms with van der Waals surface area (Å²) in [6.07, 6.45) is 3.25. The van der Waals surface area contributed by atoms with Crippen molar-refractivity contribution in [1.82, 2.24) is 29.5 Å². The molecule has 1 aliphatic rings. The molecule has 0 spiro atoms. The van der Waals surface area contributed by atoms with Gasteiger partial charge in [0.15, 0.2) is 0 Å². The van der Waals surface area contributed by atoms with Gasteiger partial charge in [0.1, 0.15) is 5.69 Å². The standard InChI is InChI=1S/C20H24N6O2/c1-24(2)10-15-11-26(20(27)17-9-21-13-25(17)3)12-16(15)19-23-22-18(28-19)14-7-5-4-6-8-14/h4-9,13,15-16H,10-12H2,1-3H3/t15-,16-/m0/s1. The van der Waals surface area contributed by atoms with Crippen LogP contribution >= 0.6 is 0 Å². The number of amides is 1. The van der Waals surface area contributed by atoms with Gasteiger partial charge in [0.05, 0.1) is 18.4 Å². The maximum absolute atomic E-state index is 12.9. The van der Waals surface area contributed by atoms with E-state index in [0.29, 0.717) is 30.6 Å². The molecule has 2 aromatic heterocycles. The molecule has 0 saturated carbocycles. The zero-order valence-electron chi connectivity index (χ0n) is 16.3. The molecule has 1 aliphatic heterocycles. The van der Waals surface area contributed by atoms with Gasteiger partial charge in [-0.05, 0) is 26.2 Å². The van der Waals surface area contributed by atoms with Crippen molar-refractivity contribution in [3.8, 4) is 11.5 Å². The van der Waals surface area contributed by atoms with Gasteiger partial charge in [0.25, 0.3) is 5.91 Å². The van der Waals surface area contributed by atoms with Gasteiger partial charge in [-0.2, -0.15) is 0 Å². The maximum atomic E-state index is 12.9. The van der Waals surface area contributed by atoms with Gasteiger partial charge >= 0.3 is 0 Å². The van der Waals surface area contributed by atoms with Gasteiger partial charge in [0.2, 0.25) is 11.8 Å². The summed E-state index contributed by atoms with van der Waals surface area (Å²) in [6, 6.07) is 9.73. The minimum atomic E-state index is -0.0194. The van der Waals surface area contributed by atoms with E-state index in [1.54, 1.807) is 17.1 Å². The number of imidazole rings is 1. The van der Waals surface area contributed by atoms with Crippen LogP contribution in [0.2, 0.25) is 0 Å². The van der Waals surface area contributed by atoms with Crippen LogP contribution < -0.4 is 0 Å². The molecule has 3 aromatic rings. The number of likely N-dealkylation sites (tertiary alicyclic amines) is 1. The number of hydrogen-bond donors (Lipinski definition) is 0. The summed E-state index contributed by atoms with van der Waals surface area (Å²) in [5.41, 5.74) is 1.48. The van der Waals surface area contributed by atoms with Crippen LogP contribution in [0.15, 0.2) is 47.3 Å². The normalized spacial score (nSPS) is 19.5. The predicted molar refractivity (Wildman–Crippen MR) is 104 cm³/mol. The Balaban J connectivity index is 1.58. The first kappa shape index (κ1) is 18.4. The molecule has 0 N–H and O–H groups in total. The van der Waals surface area contributed by atoms with Crippen LogP contribution in [0.4, 0.5) is 0 Å². The van der Waals surface area contributed by atoms with Crippen LogP contribution in [0.5, 0.6) is 0 Å². The number of hydrogen-bond acceptors (Lipinski definition) is 6. The summed E-state index contributed by atoms with van der Waals surface area (Å²) in [6.45, 7) is 2.04. The number of rotatable bonds is 5. The number of nitrogens with zero attached hydrogens (tertiary/aromatic N) is 6. The average Bonchev–Trinajstić information content (AvgIpc) is 3.41. The predicted octanol–water partition coefficient (Wildman–Crippen LogP) is 1.89. The Hall–Kier alpha value is -3.00. The van der Waals surface area contributed by atoms with E-state index in [1.165, 1.54) is 0 Å². The molecule has 0 unspecified atom stereocenters. The zero-order valence-corrected chi connectivity index (χ0v) is 16.3. The summed E-state index contributed by atoms with van der Waals surface area (Å²) >= 11 is 0. The van der Waals surface area contributed by atoms with Crippen molar-refractivity contribution in [3.63, 3.8) is 0 Å². The Bertz CT molecular complexity index is 949. The molecule has 0 aliphatic carbocycles. The first-order chi connectivity index (χ1) is 13.5. The molecule has 4 rings (SSSR count). The Morgan fingerprint density at radius 2 is 2.00 bits per heavy atom. The van der Waals surface area contributed by atoms with Gasteiger partial charge in [0, 0.05) is 38.2 Å². The summed E-state index contributed by atoms with van der Waals surface area (Å²) in [5, 5.41) is 8.55. The van der Waals surface area contributed by atoms with Crippen LogP contribution in [-0.2, 0) is 7.05 Å². The van der Waals surface area contributed by atoms with Gasteiger partial charge in [-0.15, -0.1) is 10.2 Å². The topological polar surface area (TPSA) is 80.3 Å². The summed E-state index contributed by atoms with van der Waals surface area (Å²) in [5.74, 6) is 1.30. The number of carbonyl (C=O) groups is 1. The molecule has 1 saturated heterocycles. The Morgan fingerprint density at radius 1 is 1.21 bits per heavy atom. The molecule has 1 amide bonds. The van der Waals surface area contributed by atoms with Crippen molar-refractivity contribution in [2.24, 2.45) is 13.0 Å². The number of benzene rings is 1. The Morgan fingerprint density at radius 3 is 2.68 bits per heavy atom. The number of carbonyl (C=O) groups excluding carboxylic acids is 1. The van der Waals surface area contributed by atoms with Gasteiger partial charge in [-0.3, -0.25) is 4.79 Å². The summed E-state index contributed by atoms with van der Waals surface area (Å²) < 4.78 is 7.76. The van der Waals surface area contributed by atoms with Crippen molar-refractivity contribution in [2.75, 3.05) is 33.7 Å². The third-order valence-electron chi connectivity index (χ3n) is 5.14. The van der Waals surface area contributed by atoms with Crippen LogP contribution in [-0.4, -0.2) is 69.2 Å². The van der Waals surface area contributed by atoms with Gasteiger partial charge in [-0.1, -0.05) is 18.2 Å². The Labute approximate surface area is 163 Å². The fourth-order valence-corrected chi connectivity index (χ4v) is 3.78. The molecule has 2 atom stereocenters. The lowest BCUT2D eigenvalue weighted by molar-refractivity contribution is 0.0774. The highest BCUT2D eigenvalue weighted by Crippen LogP contribution is 2.34.